The van der Waals surface area contributed by atoms with E-state index in [2.05, 4.69) is 10.3 Å². The summed E-state index contributed by atoms with van der Waals surface area (Å²) in [6.07, 6.45) is -8.65. The molecule has 0 radical (unpaired) electrons. The van der Waals surface area contributed by atoms with E-state index in [1.54, 1.807) is 68.1 Å². The fourth-order valence-electron chi connectivity index (χ4n) is 7.02. The Morgan fingerprint density at radius 2 is 1.53 bits per heavy atom. The number of nitrogens with one attached hydrogen (secondary N) is 2. The maximum Gasteiger partial charge on any atom is 0.412 e. The van der Waals surface area contributed by atoms with E-state index in [1.807, 2.05) is 12.1 Å². The van der Waals surface area contributed by atoms with Gasteiger partial charge in [-0.3, -0.25) is 24.5 Å². The van der Waals surface area contributed by atoms with E-state index < -0.39 is 66.3 Å². The molecule has 1 saturated heterocycles. The molecule has 2 amide bonds. The van der Waals surface area contributed by atoms with Crippen molar-refractivity contribution in [2.45, 2.75) is 83.8 Å². The molecule has 0 spiro atoms. The van der Waals surface area contributed by atoms with Gasteiger partial charge in [0.1, 0.15) is 17.0 Å². The average molecular weight is 808 g/mol. The number of ether oxygens (including phenoxy) is 7. The number of anilines is 2. The predicted octanol–water partition coefficient (Wildman–Crippen LogP) is 5.72. The summed E-state index contributed by atoms with van der Waals surface area (Å²) in [4.78, 5) is 81.5. The average Bonchev–Trinajstić information content (AvgIpc) is 3.73. The van der Waals surface area contributed by atoms with Crippen LogP contribution in [0.1, 0.15) is 63.5 Å². The molecule has 4 aromatic rings. The number of amides is 2. The van der Waals surface area contributed by atoms with Crippen LogP contribution in [0.5, 0.6) is 5.75 Å². The van der Waals surface area contributed by atoms with Crippen molar-refractivity contribution in [2.24, 2.45) is 0 Å². The summed E-state index contributed by atoms with van der Waals surface area (Å²) in [5, 5.41) is 4.61. The Morgan fingerprint density at radius 1 is 0.877 bits per heavy atom. The van der Waals surface area contributed by atoms with E-state index in [9.17, 15) is 28.8 Å². The Hall–Kier alpha value is -5.87. The third-order valence-electron chi connectivity index (χ3n) is 9.13. The molecule has 17 heteroatoms. The van der Waals surface area contributed by atoms with Crippen LogP contribution < -0.4 is 15.0 Å². The van der Waals surface area contributed by atoms with Crippen molar-refractivity contribution in [3.63, 3.8) is 0 Å². The van der Waals surface area contributed by atoms with Crippen molar-refractivity contribution in [2.75, 3.05) is 29.8 Å². The van der Waals surface area contributed by atoms with Crippen molar-refractivity contribution in [3.8, 4) is 5.75 Å². The highest BCUT2D eigenvalue weighted by Crippen LogP contribution is 2.47. The first-order chi connectivity index (χ1) is 27.0. The predicted molar refractivity (Wildman–Crippen MR) is 205 cm³/mol. The van der Waals surface area contributed by atoms with Gasteiger partial charge >= 0.3 is 30.0 Å². The fraction of sp³-hybridized carbons (Fsp3) is 0.400. The van der Waals surface area contributed by atoms with Crippen molar-refractivity contribution >= 4 is 80.5 Å². The summed E-state index contributed by atoms with van der Waals surface area (Å²) >= 11 is 6.53. The number of nitrogens with zero attached hydrogens (tertiary/aromatic N) is 1. The molecule has 3 aromatic carbocycles. The summed E-state index contributed by atoms with van der Waals surface area (Å²) in [5.41, 5.74) is 1.92. The largest absolute Gasteiger partial charge is 0.467 e. The molecule has 16 nitrogen and oxygen atoms in total. The van der Waals surface area contributed by atoms with E-state index in [1.165, 1.54) is 0 Å². The van der Waals surface area contributed by atoms with E-state index >= 15 is 0 Å². The third kappa shape index (κ3) is 8.76. The lowest BCUT2D eigenvalue weighted by Crippen LogP contribution is -2.64. The van der Waals surface area contributed by atoms with Gasteiger partial charge in [-0.2, -0.15) is 0 Å². The van der Waals surface area contributed by atoms with Gasteiger partial charge in [0.25, 0.3) is 5.91 Å². The van der Waals surface area contributed by atoms with Crippen LogP contribution in [-0.2, 0) is 47.6 Å². The molecule has 2 aliphatic heterocycles. The maximum atomic E-state index is 14.4. The fourth-order valence-corrected chi connectivity index (χ4v) is 7.27. The molecular formula is C40H42ClN3O13. The minimum atomic E-state index is -1.68. The second-order valence-electron chi connectivity index (χ2n) is 14.5. The maximum absolute atomic E-state index is 14.4. The zero-order valence-corrected chi connectivity index (χ0v) is 33.0. The van der Waals surface area contributed by atoms with Crippen LogP contribution in [0.15, 0.2) is 54.6 Å². The molecular weight excluding hydrogens is 766 g/mol. The van der Waals surface area contributed by atoms with Crippen molar-refractivity contribution in [1.82, 2.24) is 4.98 Å². The van der Waals surface area contributed by atoms with Crippen LogP contribution in [0.3, 0.4) is 0 Å². The number of fused-ring (bicyclic) bond motifs is 4. The smallest absolute Gasteiger partial charge is 0.412 e. The first-order valence-corrected chi connectivity index (χ1v) is 18.5. The summed E-state index contributed by atoms with van der Waals surface area (Å²) < 4.78 is 39.3. The number of halogens is 1. The van der Waals surface area contributed by atoms with Gasteiger partial charge in [-0.15, -0.1) is 11.6 Å². The van der Waals surface area contributed by atoms with Crippen LogP contribution >= 0.6 is 11.6 Å². The number of aromatic nitrogens is 1. The molecule has 0 aliphatic carbocycles. The molecule has 2 aliphatic rings. The van der Waals surface area contributed by atoms with Gasteiger partial charge in [-0.05, 0) is 56.0 Å². The van der Waals surface area contributed by atoms with Crippen LogP contribution in [-0.4, -0.2) is 96.7 Å². The second-order valence-corrected chi connectivity index (χ2v) is 14.8. The molecule has 2 N–H and O–H groups in total. The number of methoxy groups -OCH3 is 1. The van der Waals surface area contributed by atoms with E-state index in [4.69, 9.17) is 44.8 Å². The molecule has 0 unspecified atom stereocenters. The van der Waals surface area contributed by atoms with Crippen molar-refractivity contribution in [1.29, 1.82) is 0 Å². The zero-order valence-electron chi connectivity index (χ0n) is 32.2. The molecule has 1 aromatic heterocycles. The highest BCUT2D eigenvalue weighted by Gasteiger charge is 2.56. The molecule has 302 valence electrons. The molecule has 3 heterocycles. The Kier molecular flexibility index (Phi) is 11.7. The summed E-state index contributed by atoms with van der Waals surface area (Å²) in [7, 11) is 1.09. The van der Waals surface area contributed by atoms with E-state index in [-0.39, 0.29) is 35.7 Å². The monoisotopic (exact) mass is 807 g/mol. The number of esters is 4. The number of hydrogen-bond acceptors (Lipinski definition) is 13. The minimum absolute atomic E-state index is 0.144. The molecule has 0 bridgehead atoms. The highest BCUT2D eigenvalue weighted by atomic mass is 35.5. The van der Waals surface area contributed by atoms with Crippen LogP contribution in [0, 0.1) is 0 Å². The van der Waals surface area contributed by atoms with Crippen LogP contribution in [0.4, 0.5) is 16.2 Å². The normalized spacial score (nSPS) is 21.6. The minimum Gasteiger partial charge on any atom is -0.467 e. The summed E-state index contributed by atoms with van der Waals surface area (Å²) in [6, 6.07) is 15.6. The van der Waals surface area contributed by atoms with Crippen molar-refractivity contribution in [3.05, 3.63) is 65.9 Å². The molecule has 1 fully saturated rings. The van der Waals surface area contributed by atoms with Gasteiger partial charge in [-0.25, -0.2) is 9.59 Å². The quantitative estimate of drug-likeness (QED) is 0.118. The lowest BCUT2D eigenvalue weighted by molar-refractivity contribution is -0.282. The number of hydrogen-bond donors (Lipinski definition) is 2. The van der Waals surface area contributed by atoms with Gasteiger partial charge in [-0.1, -0.05) is 24.3 Å². The summed E-state index contributed by atoms with van der Waals surface area (Å²) in [5.74, 6) is -3.85. The number of carbonyl (C=O) groups excluding carboxylic acids is 6. The van der Waals surface area contributed by atoms with Gasteiger partial charge in [0.05, 0.1) is 12.8 Å². The molecule has 6 rings (SSSR count). The molecule has 0 saturated carbocycles. The number of H-pyrrole nitrogens is 1. The van der Waals surface area contributed by atoms with Gasteiger partial charge in [0.15, 0.2) is 18.3 Å². The third-order valence-corrected chi connectivity index (χ3v) is 9.51. The molecule has 6 atom stereocenters. The number of carbonyl (C=O) groups is 6. The molecule has 57 heavy (non-hydrogen) atoms. The number of aromatic amines is 1. The van der Waals surface area contributed by atoms with Crippen molar-refractivity contribution < 1.29 is 61.9 Å². The zero-order chi connectivity index (χ0) is 41.3. The van der Waals surface area contributed by atoms with E-state index in [0.29, 0.717) is 33.1 Å². The topological polar surface area (TPSA) is 198 Å². The van der Waals surface area contributed by atoms with Crippen LogP contribution in [0.25, 0.3) is 21.7 Å². The number of rotatable bonds is 9. The first kappa shape index (κ1) is 40.8. The SMILES string of the molecule is COC(=O)[C@H]1O[C@H](Oc2cc3c(c4ccccc24)[C@H](CCl)CN3C(=O)c2cc3cc(NC(=O)OC(C)(C)C)ccc3[nH]2)[C@H](OC(C)=O)[C@@H](OC(C)=O)[C@@H]1OC(C)=O. The van der Waals surface area contributed by atoms with Crippen LogP contribution in [0.2, 0.25) is 0 Å². The lowest BCUT2D eigenvalue weighted by atomic mass is 9.95. The first-order valence-electron chi connectivity index (χ1n) is 18.0. The standard InChI is InChI=1S/C40H42ClN3O13/c1-19(45)52-32-33(53-20(2)46)35(54-21(3)47)38(56-34(32)37(49)51-7)55-30-16-29-31(26-11-9-8-10-25(26)30)23(17-41)18-44(29)36(48)28-15-22-14-24(12-13-27(22)43-28)42-39(50)57-40(4,5)6/h8-16,23,32-35,38,43H,17-18H2,1-7H3,(H,42,50)/t23-,32+,33+,34+,35-,38+/m1/s1. The number of benzene rings is 3. The number of alkyl halides is 1. The second kappa shape index (κ2) is 16.3. The van der Waals surface area contributed by atoms with Gasteiger partial charge in [0.2, 0.25) is 12.4 Å². The summed E-state index contributed by atoms with van der Waals surface area (Å²) in [6.45, 7) is 8.77. The Balaban J connectivity index is 1.40. The van der Waals surface area contributed by atoms with E-state index in [0.717, 1.165) is 33.4 Å². The Labute approximate surface area is 331 Å². The lowest BCUT2D eigenvalue weighted by Gasteiger charge is -2.43. The van der Waals surface area contributed by atoms with Gasteiger partial charge < -0.3 is 43.0 Å². The van der Waals surface area contributed by atoms with Gasteiger partial charge in [0, 0.05) is 67.2 Å². The Bertz CT molecular complexity index is 2250. The Morgan fingerprint density at radius 3 is 2.16 bits per heavy atom. The highest BCUT2D eigenvalue weighted by molar-refractivity contribution is 6.19.